The molecule has 1 aliphatic rings. The first kappa shape index (κ1) is 11.8. The summed E-state index contributed by atoms with van der Waals surface area (Å²) in [5.41, 5.74) is 0.811. The Labute approximate surface area is 96.2 Å². The summed E-state index contributed by atoms with van der Waals surface area (Å²) in [5.74, 6) is 0. The minimum atomic E-state index is -4.39. The van der Waals surface area contributed by atoms with Gasteiger partial charge in [-0.1, -0.05) is 30.3 Å². The highest BCUT2D eigenvalue weighted by Gasteiger charge is 2.46. The molecule has 0 saturated carbocycles. The zero-order valence-corrected chi connectivity index (χ0v) is 8.87. The molecule has 0 aliphatic carbocycles. The number of amides is 2. The molecule has 3 nitrogen and oxygen atoms in total. The predicted octanol–water partition coefficient (Wildman–Crippen LogP) is 2.14. The van der Waals surface area contributed by atoms with Crippen LogP contribution < -0.4 is 5.32 Å². The molecule has 92 valence electrons. The van der Waals surface area contributed by atoms with Gasteiger partial charge in [-0.2, -0.15) is 13.2 Å². The van der Waals surface area contributed by atoms with Crippen molar-refractivity contribution < 1.29 is 18.0 Å². The number of urea groups is 1. The summed E-state index contributed by atoms with van der Waals surface area (Å²) in [7, 11) is 0. The second-order valence-electron chi connectivity index (χ2n) is 3.91. The van der Waals surface area contributed by atoms with Crippen molar-refractivity contribution in [2.45, 2.75) is 18.8 Å². The molecule has 2 amide bonds. The van der Waals surface area contributed by atoms with Crippen molar-refractivity contribution in [3.63, 3.8) is 0 Å². The first-order valence-corrected chi connectivity index (χ1v) is 5.13. The summed E-state index contributed by atoms with van der Waals surface area (Å²) in [6.45, 7) is -0.142. The van der Waals surface area contributed by atoms with Crippen molar-refractivity contribution in [1.29, 1.82) is 0 Å². The van der Waals surface area contributed by atoms with Crippen molar-refractivity contribution in [2.24, 2.45) is 0 Å². The SMILES string of the molecule is O=C1NC(C(F)(F)F)CN1Cc1ccccc1. The van der Waals surface area contributed by atoms with Gasteiger partial charge in [-0.25, -0.2) is 4.79 Å². The Balaban J connectivity index is 2.02. The van der Waals surface area contributed by atoms with E-state index in [-0.39, 0.29) is 13.1 Å². The van der Waals surface area contributed by atoms with Crippen molar-refractivity contribution in [1.82, 2.24) is 10.2 Å². The van der Waals surface area contributed by atoms with Crippen LogP contribution in [0.15, 0.2) is 30.3 Å². The Kier molecular flexibility index (Phi) is 2.95. The maximum absolute atomic E-state index is 12.4. The lowest BCUT2D eigenvalue weighted by molar-refractivity contribution is -0.149. The summed E-state index contributed by atoms with van der Waals surface area (Å²) in [5, 5.41) is 1.93. The number of alkyl halides is 3. The molecule has 1 atom stereocenters. The second-order valence-corrected chi connectivity index (χ2v) is 3.91. The minimum absolute atomic E-state index is 0.194. The van der Waals surface area contributed by atoms with E-state index in [1.165, 1.54) is 0 Å². The van der Waals surface area contributed by atoms with Gasteiger partial charge in [-0.3, -0.25) is 0 Å². The second kappa shape index (κ2) is 4.27. The van der Waals surface area contributed by atoms with Crippen LogP contribution in [0.3, 0.4) is 0 Å². The summed E-state index contributed by atoms with van der Waals surface area (Å²) in [6, 6.07) is 6.48. The largest absolute Gasteiger partial charge is 0.410 e. The average Bonchev–Trinajstić information content (AvgIpc) is 2.62. The van der Waals surface area contributed by atoms with Gasteiger partial charge in [0.25, 0.3) is 0 Å². The molecule has 1 N–H and O–H groups in total. The van der Waals surface area contributed by atoms with E-state index in [4.69, 9.17) is 0 Å². The predicted molar refractivity (Wildman–Crippen MR) is 55.2 cm³/mol. The fraction of sp³-hybridized carbons (Fsp3) is 0.364. The van der Waals surface area contributed by atoms with Crippen molar-refractivity contribution in [3.8, 4) is 0 Å². The molecule has 6 heteroatoms. The van der Waals surface area contributed by atoms with Crippen LogP contribution >= 0.6 is 0 Å². The number of nitrogens with one attached hydrogen (secondary N) is 1. The zero-order chi connectivity index (χ0) is 12.5. The molecule has 1 fully saturated rings. The van der Waals surface area contributed by atoms with Gasteiger partial charge >= 0.3 is 12.2 Å². The number of benzene rings is 1. The average molecular weight is 244 g/mol. The van der Waals surface area contributed by atoms with E-state index in [9.17, 15) is 18.0 Å². The third-order valence-corrected chi connectivity index (χ3v) is 2.60. The van der Waals surface area contributed by atoms with Crippen LogP contribution in [0.5, 0.6) is 0 Å². The molecule has 1 aromatic rings. The fourth-order valence-corrected chi connectivity index (χ4v) is 1.71. The zero-order valence-electron chi connectivity index (χ0n) is 8.87. The van der Waals surface area contributed by atoms with E-state index in [1.54, 1.807) is 24.3 Å². The number of carbonyl (C=O) groups excluding carboxylic acids is 1. The maximum atomic E-state index is 12.4. The molecule has 1 aliphatic heterocycles. The van der Waals surface area contributed by atoms with Crippen molar-refractivity contribution in [2.75, 3.05) is 6.54 Å². The van der Waals surface area contributed by atoms with Crippen molar-refractivity contribution >= 4 is 6.03 Å². The van der Waals surface area contributed by atoms with Gasteiger partial charge in [0.2, 0.25) is 0 Å². The minimum Gasteiger partial charge on any atom is -0.324 e. The highest BCUT2D eigenvalue weighted by molar-refractivity contribution is 5.77. The van der Waals surface area contributed by atoms with Gasteiger partial charge in [0.1, 0.15) is 6.04 Å². The number of halogens is 3. The van der Waals surface area contributed by atoms with Crippen LogP contribution in [0.1, 0.15) is 5.56 Å². The highest BCUT2D eigenvalue weighted by atomic mass is 19.4. The van der Waals surface area contributed by atoms with E-state index in [0.29, 0.717) is 0 Å². The molecule has 1 saturated heterocycles. The molecule has 0 aromatic heterocycles. The van der Waals surface area contributed by atoms with Gasteiger partial charge in [0.05, 0.1) is 6.54 Å². The van der Waals surface area contributed by atoms with Crippen LogP contribution in [0.4, 0.5) is 18.0 Å². The van der Waals surface area contributed by atoms with E-state index in [2.05, 4.69) is 0 Å². The van der Waals surface area contributed by atoms with Crippen LogP contribution in [0.25, 0.3) is 0 Å². The van der Waals surface area contributed by atoms with Gasteiger partial charge in [0.15, 0.2) is 0 Å². The maximum Gasteiger partial charge on any atom is 0.410 e. The van der Waals surface area contributed by atoms with Gasteiger partial charge in [0, 0.05) is 6.54 Å². The molecule has 1 unspecified atom stereocenters. The molecule has 0 spiro atoms. The quantitative estimate of drug-likeness (QED) is 0.849. The summed E-state index contributed by atoms with van der Waals surface area (Å²) < 4.78 is 37.2. The monoisotopic (exact) mass is 244 g/mol. The van der Waals surface area contributed by atoms with Gasteiger partial charge in [-0.15, -0.1) is 0 Å². The standard InChI is InChI=1S/C11H11F3N2O/c12-11(13,14)9-7-16(10(17)15-9)6-8-4-2-1-3-5-8/h1-5,9H,6-7H2,(H,15,17). The van der Waals surface area contributed by atoms with E-state index >= 15 is 0 Å². The fourth-order valence-electron chi connectivity index (χ4n) is 1.71. The molecule has 2 rings (SSSR count). The molecule has 17 heavy (non-hydrogen) atoms. The lowest BCUT2D eigenvalue weighted by Gasteiger charge is -2.15. The van der Waals surface area contributed by atoms with Gasteiger partial charge in [-0.05, 0) is 5.56 Å². The molecular weight excluding hydrogens is 233 g/mol. The van der Waals surface area contributed by atoms with Gasteiger partial charge < -0.3 is 10.2 Å². The lowest BCUT2D eigenvalue weighted by atomic mass is 10.2. The first-order chi connectivity index (χ1) is 7.97. The molecule has 1 aromatic carbocycles. The number of rotatable bonds is 2. The molecule has 0 radical (unpaired) electrons. The van der Waals surface area contributed by atoms with Crippen molar-refractivity contribution in [3.05, 3.63) is 35.9 Å². The lowest BCUT2D eigenvalue weighted by Crippen LogP contribution is -2.40. The van der Waals surface area contributed by atoms with Crippen LogP contribution in [-0.4, -0.2) is 29.7 Å². The van der Waals surface area contributed by atoms with Crippen LogP contribution in [0, 0.1) is 0 Å². The van der Waals surface area contributed by atoms with E-state index in [1.807, 2.05) is 11.4 Å². The third-order valence-electron chi connectivity index (χ3n) is 2.60. The Morgan fingerprint density at radius 1 is 1.29 bits per heavy atom. The summed E-state index contributed by atoms with van der Waals surface area (Å²) >= 11 is 0. The van der Waals surface area contributed by atoms with Crippen LogP contribution in [-0.2, 0) is 6.54 Å². The molecule has 0 bridgehead atoms. The first-order valence-electron chi connectivity index (χ1n) is 5.13. The number of carbonyl (C=O) groups is 1. The Bertz CT molecular complexity index is 405. The Hall–Kier alpha value is -1.72. The smallest absolute Gasteiger partial charge is 0.324 e. The summed E-state index contributed by atoms with van der Waals surface area (Å²) in [6.07, 6.45) is -4.39. The number of hydrogen-bond acceptors (Lipinski definition) is 1. The number of hydrogen-bond donors (Lipinski definition) is 1. The van der Waals surface area contributed by atoms with E-state index < -0.39 is 18.2 Å². The normalized spacial score (nSPS) is 20.5. The topological polar surface area (TPSA) is 32.3 Å². The Morgan fingerprint density at radius 3 is 2.47 bits per heavy atom. The van der Waals surface area contributed by atoms with E-state index in [0.717, 1.165) is 10.5 Å². The molecule has 1 heterocycles. The van der Waals surface area contributed by atoms with Crippen LogP contribution in [0.2, 0.25) is 0 Å². The Morgan fingerprint density at radius 2 is 1.94 bits per heavy atom. The number of nitrogens with zero attached hydrogens (tertiary/aromatic N) is 1. The molecular formula is C11H11F3N2O. The highest BCUT2D eigenvalue weighted by Crippen LogP contribution is 2.24. The third kappa shape index (κ3) is 2.69. The summed E-state index contributed by atoms with van der Waals surface area (Å²) in [4.78, 5) is 12.5.